The first kappa shape index (κ1) is 16.7. The molecule has 0 aromatic heterocycles. The highest BCUT2D eigenvalue weighted by molar-refractivity contribution is 5.92. The molecule has 0 atom stereocenters. The zero-order chi connectivity index (χ0) is 17.8. The average Bonchev–Trinajstić information content (AvgIpc) is 3.36. The van der Waals surface area contributed by atoms with Crippen LogP contribution in [0.4, 0.5) is 0 Å². The summed E-state index contributed by atoms with van der Waals surface area (Å²) in [5.41, 5.74) is 2.11. The summed E-state index contributed by atoms with van der Waals surface area (Å²) < 4.78 is 10.9. The van der Waals surface area contributed by atoms with Gasteiger partial charge in [0.05, 0.1) is 0 Å². The van der Waals surface area contributed by atoms with Crippen molar-refractivity contribution < 1.29 is 14.3 Å². The van der Waals surface area contributed by atoms with Crippen molar-refractivity contribution in [3.63, 3.8) is 0 Å². The Morgan fingerprint density at radius 2 is 1.81 bits per heavy atom. The lowest BCUT2D eigenvalue weighted by Crippen LogP contribution is -2.37. The van der Waals surface area contributed by atoms with Crippen LogP contribution in [0.1, 0.15) is 36.8 Å². The van der Waals surface area contributed by atoms with Crippen molar-refractivity contribution in [2.24, 2.45) is 0 Å². The first-order valence-electron chi connectivity index (χ1n) is 9.22. The van der Waals surface area contributed by atoms with E-state index in [9.17, 15) is 4.79 Å². The van der Waals surface area contributed by atoms with Crippen LogP contribution in [0.2, 0.25) is 0 Å². The first-order valence-corrected chi connectivity index (χ1v) is 9.22. The van der Waals surface area contributed by atoms with Crippen molar-refractivity contribution in [1.82, 2.24) is 4.90 Å². The van der Waals surface area contributed by atoms with E-state index in [1.807, 2.05) is 59.5 Å². The Hall–Kier alpha value is -2.75. The summed E-state index contributed by atoms with van der Waals surface area (Å²) in [6.07, 6.45) is 8.13. The molecule has 1 heterocycles. The second-order valence-electron chi connectivity index (χ2n) is 6.84. The van der Waals surface area contributed by atoms with E-state index in [0.29, 0.717) is 12.6 Å². The summed E-state index contributed by atoms with van der Waals surface area (Å²) in [4.78, 5) is 14.9. The smallest absolute Gasteiger partial charge is 0.247 e. The number of carbonyl (C=O) groups excluding carboxylic acids is 1. The van der Waals surface area contributed by atoms with Crippen LogP contribution in [-0.2, 0) is 11.3 Å². The van der Waals surface area contributed by atoms with Gasteiger partial charge in [-0.05, 0) is 42.2 Å². The third kappa shape index (κ3) is 3.74. The van der Waals surface area contributed by atoms with Gasteiger partial charge in [-0.25, -0.2) is 0 Å². The second-order valence-corrected chi connectivity index (χ2v) is 6.84. The number of carbonyl (C=O) groups is 1. The van der Waals surface area contributed by atoms with Crippen LogP contribution in [-0.4, -0.2) is 23.6 Å². The zero-order valence-electron chi connectivity index (χ0n) is 14.8. The number of ether oxygens (including phenoxy) is 2. The van der Waals surface area contributed by atoms with E-state index >= 15 is 0 Å². The highest BCUT2D eigenvalue weighted by atomic mass is 16.7. The standard InChI is InChI=1S/C22H23NO3/c24-22(13-11-17-6-2-1-3-7-17)23(19-8-4-5-9-19)15-18-10-12-20-21(14-18)26-16-25-20/h1-3,6-7,10-14,19H,4-5,8-9,15-16H2/b13-11+. The van der Waals surface area contributed by atoms with Gasteiger partial charge in [-0.1, -0.05) is 49.2 Å². The minimum absolute atomic E-state index is 0.0680. The largest absolute Gasteiger partial charge is 0.454 e. The fraction of sp³-hybridized carbons (Fsp3) is 0.318. The van der Waals surface area contributed by atoms with Crippen molar-refractivity contribution in [3.05, 3.63) is 65.7 Å². The van der Waals surface area contributed by atoms with E-state index in [2.05, 4.69) is 0 Å². The molecule has 1 fully saturated rings. The van der Waals surface area contributed by atoms with Crippen LogP contribution in [0, 0.1) is 0 Å². The Morgan fingerprint density at radius 1 is 1.04 bits per heavy atom. The Bertz CT molecular complexity index is 794. The monoisotopic (exact) mass is 349 g/mol. The number of hydrogen-bond acceptors (Lipinski definition) is 3. The fourth-order valence-electron chi connectivity index (χ4n) is 3.67. The van der Waals surface area contributed by atoms with Crippen LogP contribution < -0.4 is 9.47 Å². The molecule has 134 valence electrons. The Morgan fingerprint density at radius 3 is 2.62 bits per heavy atom. The maximum atomic E-state index is 12.9. The third-order valence-electron chi connectivity index (χ3n) is 5.06. The zero-order valence-corrected chi connectivity index (χ0v) is 14.8. The predicted molar refractivity (Wildman–Crippen MR) is 101 cm³/mol. The van der Waals surface area contributed by atoms with Crippen LogP contribution in [0.25, 0.3) is 6.08 Å². The van der Waals surface area contributed by atoms with Crippen LogP contribution in [0.3, 0.4) is 0 Å². The second kappa shape index (κ2) is 7.65. The molecule has 4 heteroatoms. The molecule has 2 aliphatic rings. The van der Waals surface area contributed by atoms with Crippen molar-refractivity contribution >= 4 is 12.0 Å². The maximum absolute atomic E-state index is 12.9. The van der Waals surface area contributed by atoms with Gasteiger partial charge in [-0.2, -0.15) is 0 Å². The minimum Gasteiger partial charge on any atom is -0.454 e. The van der Waals surface area contributed by atoms with Crippen LogP contribution in [0.15, 0.2) is 54.6 Å². The van der Waals surface area contributed by atoms with E-state index in [1.54, 1.807) is 6.08 Å². The molecule has 1 saturated carbocycles. The van der Waals surface area contributed by atoms with Crippen molar-refractivity contribution in [3.8, 4) is 11.5 Å². The van der Waals surface area contributed by atoms with E-state index in [1.165, 1.54) is 12.8 Å². The molecule has 0 bridgehead atoms. The van der Waals surface area contributed by atoms with Gasteiger partial charge >= 0.3 is 0 Å². The molecular weight excluding hydrogens is 326 g/mol. The van der Waals surface area contributed by atoms with Crippen LogP contribution in [0.5, 0.6) is 11.5 Å². The van der Waals surface area contributed by atoms with Gasteiger partial charge in [0, 0.05) is 18.7 Å². The molecule has 2 aromatic carbocycles. The molecule has 0 spiro atoms. The Labute approximate surface area is 154 Å². The summed E-state index contributed by atoms with van der Waals surface area (Å²) >= 11 is 0. The van der Waals surface area contributed by atoms with Crippen molar-refractivity contribution in [1.29, 1.82) is 0 Å². The number of rotatable bonds is 5. The van der Waals surface area contributed by atoms with Crippen LogP contribution >= 0.6 is 0 Å². The molecule has 0 N–H and O–H groups in total. The number of fused-ring (bicyclic) bond motifs is 1. The summed E-state index contributed by atoms with van der Waals surface area (Å²) in [7, 11) is 0. The molecule has 1 aliphatic carbocycles. The molecule has 1 aliphatic heterocycles. The van der Waals surface area contributed by atoms with Gasteiger partial charge in [0.15, 0.2) is 11.5 Å². The molecule has 0 unspecified atom stereocenters. The number of benzene rings is 2. The van der Waals surface area contributed by atoms with Gasteiger partial charge in [0.2, 0.25) is 12.7 Å². The summed E-state index contributed by atoms with van der Waals surface area (Å²) in [5.74, 6) is 1.61. The van der Waals surface area contributed by atoms with E-state index in [0.717, 1.165) is 35.5 Å². The number of amides is 1. The maximum Gasteiger partial charge on any atom is 0.247 e. The number of nitrogens with zero attached hydrogens (tertiary/aromatic N) is 1. The summed E-state index contributed by atoms with van der Waals surface area (Å²) in [6.45, 7) is 0.864. The van der Waals surface area contributed by atoms with Gasteiger partial charge in [0.25, 0.3) is 0 Å². The lowest BCUT2D eigenvalue weighted by Gasteiger charge is -2.28. The minimum atomic E-state index is 0.0680. The normalized spacial score (nSPS) is 16.3. The average molecular weight is 349 g/mol. The topological polar surface area (TPSA) is 38.8 Å². The lowest BCUT2D eigenvalue weighted by atomic mass is 10.1. The van der Waals surface area contributed by atoms with Gasteiger partial charge in [0.1, 0.15) is 0 Å². The predicted octanol–water partition coefficient (Wildman–Crippen LogP) is 4.40. The molecule has 1 amide bonds. The first-order chi connectivity index (χ1) is 12.8. The quantitative estimate of drug-likeness (QED) is 0.751. The SMILES string of the molecule is O=C(/C=C/c1ccccc1)N(Cc1ccc2c(c1)OCO2)C1CCCC1. The van der Waals surface area contributed by atoms with Crippen molar-refractivity contribution in [2.75, 3.05) is 6.79 Å². The van der Waals surface area contributed by atoms with Crippen molar-refractivity contribution in [2.45, 2.75) is 38.3 Å². The fourth-order valence-corrected chi connectivity index (χ4v) is 3.67. The van der Waals surface area contributed by atoms with Gasteiger partial charge in [-0.15, -0.1) is 0 Å². The van der Waals surface area contributed by atoms with Gasteiger partial charge < -0.3 is 14.4 Å². The molecule has 0 radical (unpaired) electrons. The molecule has 0 saturated heterocycles. The van der Waals surface area contributed by atoms with E-state index in [-0.39, 0.29) is 12.7 Å². The highest BCUT2D eigenvalue weighted by Gasteiger charge is 2.26. The highest BCUT2D eigenvalue weighted by Crippen LogP contribution is 2.33. The molecule has 26 heavy (non-hydrogen) atoms. The Balaban J connectivity index is 1.52. The summed E-state index contributed by atoms with van der Waals surface area (Å²) in [6, 6.07) is 16.2. The third-order valence-corrected chi connectivity index (χ3v) is 5.06. The van der Waals surface area contributed by atoms with E-state index in [4.69, 9.17) is 9.47 Å². The number of hydrogen-bond donors (Lipinski definition) is 0. The van der Waals surface area contributed by atoms with Gasteiger partial charge in [-0.3, -0.25) is 4.79 Å². The lowest BCUT2D eigenvalue weighted by molar-refractivity contribution is -0.128. The summed E-state index contributed by atoms with van der Waals surface area (Å²) in [5, 5.41) is 0. The molecule has 4 nitrogen and oxygen atoms in total. The molecule has 4 rings (SSSR count). The van der Waals surface area contributed by atoms with E-state index < -0.39 is 0 Å². The molecular formula is C22H23NO3. The molecule has 2 aromatic rings. The Kier molecular flexibility index (Phi) is 4.91.